The van der Waals surface area contributed by atoms with Crippen LogP contribution in [0.2, 0.25) is 0 Å². The molecular weight excluding hydrogens is 270 g/mol. The summed E-state index contributed by atoms with van der Waals surface area (Å²) in [5.74, 6) is -0.0741. The second-order valence-electron chi connectivity index (χ2n) is 5.09. The van der Waals surface area contributed by atoms with E-state index in [1.165, 1.54) is 5.70 Å². The zero-order chi connectivity index (χ0) is 14.7. The van der Waals surface area contributed by atoms with Gasteiger partial charge in [-0.15, -0.1) is 0 Å². The van der Waals surface area contributed by atoms with Crippen molar-refractivity contribution in [1.29, 1.82) is 5.41 Å². The van der Waals surface area contributed by atoms with E-state index >= 15 is 0 Å². The zero-order valence-corrected chi connectivity index (χ0v) is 11.9. The van der Waals surface area contributed by atoms with Gasteiger partial charge in [-0.3, -0.25) is 15.0 Å². The summed E-state index contributed by atoms with van der Waals surface area (Å²) in [6.07, 6.45) is 8.53. The highest BCUT2D eigenvalue weighted by Gasteiger charge is 2.35. The van der Waals surface area contributed by atoms with Gasteiger partial charge in [0, 0.05) is 29.8 Å². The van der Waals surface area contributed by atoms with Gasteiger partial charge in [0.05, 0.1) is 19.8 Å². The van der Waals surface area contributed by atoms with Gasteiger partial charge in [-0.25, -0.2) is 0 Å². The first-order valence-corrected chi connectivity index (χ1v) is 7.24. The summed E-state index contributed by atoms with van der Waals surface area (Å²) < 4.78 is 5.41. The summed E-state index contributed by atoms with van der Waals surface area (Å²) in [6, 6.07) is 0. The van der Waals surface area contributed by atoms with Crippen molar-refractivity contribution in [2.24, 2.45) is 0 Å². The third-order valence-corrected chi connectivity index (χ3v) is 3.53. The van der Waals surface area contributed by atoms with E-state index in [0.717, 1.165) is 24.4 Å². The normalized spacial score (nSPS) is 20.0. The molecule has 3 rings (SSSR count). The molecule has 6 heteroatoms. The van der Waals surface area contributed by atoms with E-state index < -0.39 is 0 Å². The minimum absolute atomic E-state index is 0.133. The number of hydrogen-bond donors (Lipinski definition) is 2. The van der Waals surface area contributed by atoms with Gasteiger partial charge in [0.15, 0.2) is 5.84 Å². The average molecular weight is 289 g/mol. The molecule has 1 heterocycles. The van der Waals surface area contributed by atoms with Crippen molar-refractivity contribution in [2.75, 3.05) is 26.4 Å². The third kappa shape index (κ3) is 3.22. The van der Waals surface area contributed by atoms with E-state index in [9.17, 15) is 4.79 Å². The molecule has 0 aromatic carbocycles. The molecule has 2 aliphatic carbocycles. The van der Waals surface area contributed by atoms with Crippen LogP contribution in [0.4, 0.5) is 0 Å². The predicted molar refractivity (Wildman–Crippen MR) is 77.4 cm³/mol. The van der Waals surface area contributed by atoms with Gasteiger partial charge in [-0.1, -0.05) is 18.2 Å². The molecule has 2 N–H and O–H groups in total. The fourth-order valence-corrected chi connectivity index (χ4v) is 2.33. The van der Waals surface area contributed by atoms with Crippen LogP contribution in [0.25, 0.3) is 0 Å². The smallest absolute Gasteiger partial charge is 0.280 e. The Morgan fingerprint density at radius 1 is 1.33 bits per heavy atom. The highest BCUT2D eigenvalue weighted by Crippen LogP contribution is 2.29. The number of nitrogens with one attached hydrogen (secondary N) is 2. The van der Waals surface area contributed by atoms with Crippen LogP contribution in [0.1, 0.15) is 19.3 Å². The fourth-order valence-electron chi connectivity index (χ4n) is 2.33. The van der Waals surface area contributed by atoms with Crippen LogP contribution < -0.4 is 5.32 Å². The fraction of sp³-hybridized carbons (Fsp3) is 0.467. The van der Waals surface area contributed by atoms with Crippen molar-refractivity contribution in [3.63, 3.8) is 0 Å². The van der Waals surface area contributed by atoms with Gasteiger partial charge in [-0.2, -0.15) is 5.06 Å². The Labute approximate surface area is 123 Å². The lowest BCUT2D eigenvalue weighted by Gasteiger charge is -2.16. The van der Waals surface area contributed by atoms with Gasteiger partial charge in [0.2, 0.25) is 0 Å². The Morgan fingerprint density at radius 2 is 2.19 bits per heavy atom. The van der Waals surface area contributed by atoms with Crippen LogP contribution in [0.3, 0.4) is 0 Å². The number of hydroxylamine groups is 2. The molecule has 0 saturated heterocycles. The lowest BCUT2D eigenvalue weighted by Crippen LogP contribution is -2.32. The Morgan fingerprint density at radius 3 is 2.95 bits per heavy atom. The Bertz CT molecular complexity index is 548. The second-order valence-corrected chi connectivity index (χ2v) is 5.09. The maximum atomic E-state index is 12.1. The number of carbonyl (C=O) groups is 1. The molecule has 0 saturated carbocycles. The number of amidine groups is 1. The molecular formula is C15H19N3O3. The molecule has 3 aliphatic rings. The quantitative estimate of drug-likeness (QED) is 0.660. The van der Waals surface area contributed by atoms with Crippen molar-refractivity contribution >= 4 is 11.7 Å². The maximum Gasteiger partial charge on any atom is 0.280 e. The van der Waals surface area contributed by atoms with Crippen LogP contribution in [0.5, 0.6) is 0 Å². The first kappa shape index (κ1) is 14.0. The van der Waals surface area contributed by atoms with Crippen LogP contribution in [0, 0.1) is 5.41 Å². The number of amides is 1. The summed E-state index contributed by atoms with van der Waals surface area (Å²) in [7, 11) is 0. The number of ether oxygens (including phenoxy) is 1. The molecule has 1 aliphatic heterocycles. The van der Waals surface area contributed by atoms with Gasteiger partial charge < -0.3 is 10.1 Å². The molecule has 0 unspecified atom stereocenters. The molecule has 6 nitrogen and oxygen atoms in total. The molecule has 1 amide bonds. The number of hydrogen-bond acceptors (Lipinski definition) is 5. The first-order chi connectivity index (χ1) is 10.3. The van der Waals surface area contributed by atoms with Gasteiger partial charge in [0.25, 0.3) is 5.91 Å². The van der Waals surface area contributed by atoms with Gasteiger partial charge >= 0.3 is 0 Å². The largest absolute Gasteiger partial charge is 0.386 e. The highest BCUT2D eigenvalue weighted by atomic mass is 16.7. The standard InChI is InChI=1S/C15H19N3O3/c16-14-12-3-1-2-4-13(12)15(19)18(14)21-10-9-20-8-7-17-11-5-6-11/h1,3,5,16-17H,2,4,6-10H2. The van der Waals surface area contributed by atoms with E-state index in [2.05, 4.69) is 11.4 Å². The van der Waals surface area contributed by atoms with E-state index in [0.29, 0.717) is 30.8 Å². The van der Waals surface area contributed by atoms with Crippen molar-refractivity contribution in [1.82, 2.24) is 10.4 Å². The third-order valence-electron chi connectivity index (χ3n) is 3.53. The zero-order valence-electron chi connectivity index (χ0n) is 11.9. The summed E-state index contributed by atoms with van der Waals surface area (Å²) in [6.45, 7) is 2.05. The summed E-state index contributed by atoms with van der Waals surface area (Å²) >= 11 is 0. The Hall–Kier alpha value is -1.92. The molecule has 0 radical (unpaired) electrons. The summed E-state index contributed by atoms with van der Waals surface area (Å²) in [5.41, 5.74) is 2.65. The van der Waals surface area contributed by atoms with E-state index in [1.54, 1.807) is 0 Å². The molecule has 0 aromatic rings. The van der Waals surface area contributed by atoms with Gasteiger partial charge in [-0.05, 0) is 12.8 Å². The predicted octanol–water partition coefficient (Wildman–Crippen LogP) is 1.28. The molecule has 21 heavy (non-hydrogen) atoms. The van der Waals surface area contributed by atoms with Crippen LogP contribution in [-0.4, -0.2) is 43.2 Å². The topological polar surface area (TPSA) is 74.7 Å². The number of rotatable bonds is 8. The molecule has 0 aromatic heterocycles. The van der Waals surface area contributed by atoms with Crippen LogP contribution in [0.15, 0.2) is 35.1 Å². The van der Waals surface area contributed by atoms with E-state index in [4.69, 9.17) is 15.0 Å². The average Bonchev–Trinajstić information content (AvgIpc) is 3.29. The van der Waals surface area contributed by atoms with Crippen LogP contribution >= 0.6 is 0 Å². The minimum Gasteiger partial charge on any atom is -0.386 e. The van der Waals surface area contributed by atoms with E-state index in [-0.39, 0.29) is 18.3 Å². The Kier molecular flexibility index (Phi) is 4.17. The molecule has 0 atom stereocenters. The lowest BCUT2D eigenvalue weighted by atomic mass is 10.00. The summed E-state index contributed by atoms with van der Waals surface area (Å²) in [4.78, 5) is 17.5. The lowest BCUT2D eigenvalue weighted by molar-refractivity contribution is -0.160. The van der Waals surface area contributed by atoms with Crippen molar-refractivity contribution in [3.8, 4) is 0 Å². The minimum atomic E-state index is -0.207. The molecule has 112 valence electrons. The SMILES string of the molecule is N=C1C2=C(CCC=C2)C(=O)N1OCCOCCNC1=CC1. The first-order valence-electron chi connectivity index (χ1n) is 7.24. The number of carbonyl (C=O) groups excluding carboxylic acids is 1. The highest BCUT2D eigenvalue weighted by molar-refractivity contribution is 6.21. The maximum absolute atomic E-state index is 12.1. The van der Waals surface area contributed by atoms with Gasteiger partial charge in [0.1, 0.15) is 0 Å². The number of allylic oxidation sites excluding steroid dienone is 3. The van der Waals surface area contributed by atoms with Crippen molar-refractivity contribution in [3.05, 3.63) is 35.1 Å². The van der Waals surface area contributed by atoms with Crippen LogP contribution in [-0.2, 0) is 14.4 Å². The second kappa shape index (κ2) is 6.24. The van der Waals surface area contributed by atoms with Crippen molar-refractivity contribution in [2.45, 2.75) is 19.3 Å². The molecule has 0 bridgehead atoms. The van der Waals surface area contributed by atoms with Crippen molar-refractivity contribution < 1.29 is 14.4 Å². The Balaban J connectivity index is 1.36. The molecule has 0 fully saturated rings. The monoisotopic (exact) mass is 289 g/mol. The summed E-state index contributed by atoms with van der Waals surface area (Å²) in [5, 5.41) is 12.3. The number of nitrogens with zero attached hydrogens (tertiary/aromatic N) is 1. The molecule has 0 spiro atoms. The van der Waals surface area contributed by atoms with E-state index in [1.807, 2.05) is 12.2 Å².